The monoisotopic (exact) mass is 349 g/mol. The van der Waals surface area contributed by atoms with Crippen LogP contribution in [0.25, 0.3) is 0 Å². The fraction of sp³-hybridized carbons (Fsp3) is 0.867. The summed E-state index contributed by atoms with van der Waals surface area (Å²) in [6, 6.07) is -1.03. The largest absolute Gasteiger partial charge is 0.460 e. The summed E-state index contributed by atoms with van der Waals surface area (Å²) in [4.78, 5) is 22.9. The van der Waals surface area contributed by atoms with E-state index in [0.717, 1.165) is 0 Å². The third-order valence-electron chi connectivity index (χ3n) is 3.28. The van der Waals surface area contributed by atoms with Crippen LogP contribution in [0, 0.1) is 0 Å². The Morgan fingerprint density at radius 1 is 1.25 bits per heavy atom. The van der Waals surface area contributed by atoms with Crippen molar-refractivity contribution in [2.24, 2.45) is 0 Å². The number of hydrogen-bond donors (Lipinski definition) is 4. The molecule has 0 aromatic carbocycles. The van der Waals surface area contributed by atoms with Gasteiger partial charge in [0.1, 0.15) is 30.0 Å². The average molecular weight is 349 g/mol. The van der Waals surface area contributed by atoms with Crippen LogP contribution in [0.1, 0.15) is 34.1 Å². The van der Waals surface area contributed by atoms with Crippen molar-refractivity contribution in [2.75, 3.05) is 13.2 Å². The minimum Gasteiger partial charge on any atom is -0.460 e. The molecule has 1 aliphatic heterocycles. The number of carbonyl (C=O) groups excluding carboxylic acids is 2. The summed E-state index contributed by atoms with van der Waals surface area (Å²) in [5.41, 5.74) is -0.619. The Morgan fingerprint density at radius 2 is 1.88 bits per heavy atom. The smallest absolute Gasteiger partial charge is 0.308 e. The van der Waals surface area contributed by atoms with E-state index in [4.69, 9.17) is 14.2 Å². The molecule has 24 heavy (non-hydrogen) atoms. The lowest BCUT2D eigenvalue weighted by Gasteiger charge is -2.42. The second-order valence-electron chi connectivity index (χ2n) is 6.64. The van der Waals surface area contributed by atoms with E-state index in [1.807, 2.05) is 0 Å². The van der Waals surface area contributed by atoms with Gasteiger partial charge in [-0.15, -0.1) is 0 Å². The summed E-state index contributed by atoms with van der Waals surface area (Å²) in [5, 5.41) is 31.8. The van der Waals surface area contributed by atoms with E-state index in [1.54, 1.807) is 20.8 Å². The van der Waals surface area contributed by atoms with E-state index in [2.05, 4.69) is 5.32 Å². The number of ether oxygens (including phenoxy) is 3. The van der Waals surface area contributed by atoms with E-state index in [9.17, 15) is 24.9 Å². The van der Waals surface area contributed by atoms with Gasteiger partial charge in [-0.25, -0.2) is 0 Å². The van der Waals surface area contributed by atoms with Gasteiger partial charge >= 0.3 is 5.97 Å². The van der Waals surface area contributed by atoms with E-state index in [-0.39, 0.29) is 13.0 Å². The normalized spacial score (nSPS) is 30.7. The van der Waals surface area contributed by atoms with Crippen molar-refractivity contribution >= 4 is 11.9 Å². The van der Waals surface area contributed by atoms with Gasteiger partial charge in [-0.2, -0.15) is 0 Å². The minimum atomic E-state index is -1.46. The van der Waals surface area contributed by atoms with Crippen LogP contribution in [-0.4, -0.2) is 76.7 Å². The number of esters is 1. The molecule has 1 fully saturated rings. The van der Waals surface area contributed by atoms with Gasteiger partial charge in [0, 0.05) is 6.92 Å². The van der Waals surface area contributed by atoms with Gasteiger partial charge in [0.25, 0.3) is 0 Å². The summed E-state index contributed by atoms with van der Waals surface area (Å²) >= 11 is 0. The second kappa shape index (κ2) is 8.72. The maximum absolute atomic E-state index is 11.7. The zero-order chi connectivity index (χ0) is 18.5. The number of nitrogens with one attached hydrogen (secondary N) is 1. The minimum absolute atomic E-state index is 0.0615. The van der Waals surface area contributed by atoms with Crippen LogP contribution in [0.4, 0.5) is 0 Å². The highest BCUT2D eigenvalue weighted by molar-refractivity contribution is 5.73. The third-order valence-corrected chi connectivity index (χ3v) is 3.28. The van der Waals surface area contributed by atoms with Crippen molar-refractivity contribution in [3.8, 4) is 0 Å². The Morgan fingerprint density at radius 3 is 2.38 bits per heavy atom. The number of hydrogen-bond acceptors (Lipinski definition) is 8. The van der Waals surface area contributed by atoms with Gasteiger partial charge in [-0.1, -0.05) is 0 Å². The highest BCUT2D eigenvalue weighted by atomic mass is 16.6. The Labute approximate surface area is 140 Å². The molecule has 1 aliphatic rings. The summed E-state index contributed by atoms with van der Waals surface area (Å²) in [6.07, 6.45) is -4.91. The van der Waals surface area contributed by atoms with Gasteiger partial charge in [-0.3, -0.25) is 9.59 Å². The molecule has 0 aromatic rings. The molecule has 1 heterocycles. The lowest BCUT2D eigenvalue weighted by atomic mass is 9.96. The number of amides is 1. The summed E-state index contributed by atoms with van der Waals surface area (Å²) in [6.45, 7) is 5.85. The Bertz CT molecular complexity index is 436. The van der Waals surface area contributed by atoms with Crippen molar-refractivity contribution in [3.05, 3.63) is 0 Å². The lowest BCUT2D eigenvalue weighted by molar-refractivity contribution is -0.262. The molecule has 9 heteroatoms. The molecular formula is C15H27NO8. The molecule has 1 saturated heterocycles. The van der Waals surface area contributed by atoms with Crippen molar-refractivity contribution < 1.29 is 39.1 Å². The summed E-state index contributed by atoms with van der Waals surface area (Å²) in [7, 11) is 0. The molecule has 0 saturated carbocycles. The molecule has 4 N–H and O–H groups in total. The molecule has 0 aromatic heterocycles. The maximum Gasteiger partial charge on any atom is 0.308 e. The van der Waals surface area contributed by atoms with Crippen molar-refractivity contribution in [1.82, 2.24) is 5.32 Å². The molecule has 0 radical (unpaired) electrons. The highest BCUT2D eigenvalue weighted by Crippen LogP contribution is 2.23. The van der Waals surface area contributed by atoms with Crippen molar-refractivity contribution in [2.45, 2.75) is 70.4 Å². The van der Waals surface area contributed by atoms with Crippen LogP contribution < -0.4 is 5.32 Å². The molecule has 5 atom stereocenters. The first-order valence-electron chi connectivity index (χ1n) is 7.78. The first kappa shape index (κ1) is 20.8. The molecule has 1 rings (SSSR count). The first-order valence-corrected chi connectivity index (χ1v) is 7.78. The van der Waals surface area contributed by atoms with Crippen LogP contribution in [0.5, 0.6) is 0 Å². The van der Waals surface area contributed by atoms with E-state index >= 15 is 0 Å². The Balaban J connectivity index is 2.67. The fourth-order valence-electron chi connectivity index (χ4n) is 2.34. The van der Waals surface area contributed by atoms with Gasteiger partial charge < -0.3 is 34.8 Å². The Kier molecular flexibility index (Phi) is 7.56. The van der Waals surface area contributed by atoms with Crippen LogP contribution in [0.3, 0.4) is 0 Å². The molecule has 0 aliphatic carbocycles. The molecule has 0 unspecified atom stereocenters. The van der Waals surface area contributed by atoms with E-state index < -0.39 is 54.7 Å². The second-order valence-corrected chi connectivity index (χ2v) is 6.64. The number of aliphatic hydroxyl groups excluding tert-OH is 3. The molecule has 0 bridgehead atoms. The molecule has 1 amide bonds. The standard InChI is InChI=1S/C15H27NO8/c1-8(18)16-11-13(12(20)9(7-17)23-14(11)21)22-6-5-10(19)24-15(2,3)4/h9,11-14,17,20-21H,5-7H2,1-4H3,(H,16,18)/t9-,11+,12-,13+,14-/m1/s1. The Hall–Kier alpha value is -1.26. The zero-order valence-electron chi connectivity index (χ0n) is 14.4. The van der Waals surface area contributed by atoms with Crippen LogP contribution in [-0.2, 0) is 23.8 Å². The number of aliphatic hydroxyl groups is 3. The average Bonchev–Trinajstić information content (AvgIpc) is 2.43. The van der Waals surface area contributed by atoms with Crippen LogP contribution >= 0.6 is 0 Å². The number of rotatable bonds is 6. The van der Waals surface area contributed by atoms with Crippen molar-refractivity contribution in [1.29, 1.82) is 0 Å². The zero-order valence-corrected chi connectivity index (χ0v) is 14.4. The SMILES string of the molecule is CC(=O)N[C@H]1[C@H](OCCC(=O)OC(C)(C)C)[C@H](O)[C@@H](CO)O[C@H]1O. The predicted octanol–water partition coefficient (Wildman–Crippen LogP) is -1.32. The van der Waals surface area contributed by atoms with Gasteiger partial charge in [0.2, 0.25) is 5.91 Å². The topological polar surface area (TPSA) is 135 Å². The third kappa shape index (κ3) is 6.33. The van der Waals surface area contributed by atoms with Crippen LogP contribution in [0.2, 0.25) is 0 Å². The summed E-state index contributed by atoms with van der Waals surface area (Å²) in [5.74, 6) is -0.919. The van der Waals surface area contributed by atoms with Gasteiger partial charge in [0.05, 0.1) is 19.6 Å². The van der Waals surface area contributed by atoms with Gasteiger partial charge in [0.15, 0.2) is 6.29 Å². The fourth-order valence-corrected chi connectivity index (χ4v) is 2.34. The first-order chi connectivity index (χ1) is 11.0. The predicted molar refractivity (Wildman–Crippen MR) is 81.8 cm³/mol. The van der Waals surface area contributed by atoms with E-state index in [1.165, 1.54) is 6.92 Å². The quantitative estimate of drug-likeness (QED) is 0.434. The van der Waals surface area contributed by atoms with E-state index in [0.29, 0.717) is 0 Å². The molecular weight excluding hydrogens is 322 g/mol. The van der Waals surface area contributed by atoms with Gasteiger partial charge in [-0.05, 0) is 20.8 Å². The molecule has 9 nitrogen and oxygen atoms in total. The summed E-state index contributed by atoms with van der Waals surface area (Å²) < 4.78 is 15.7. The maximum atomic E-state index is 11.7. The lowest BCUT2D eigenvalue weighted by Crippen LogP contribution is -2.64. The van der Waals surface area contributed by atoms with Crippen molar-refractivity contribution in [3.63, 3.8) is 0 Å². The van der Waals surface area contributed by atoms with Crippen LogP contribution in [0.15, 0.2) is 0 Å². The number of carbonyl (C=O) groups is 2. The molecule has 0 spiro atoms. The molecule has 140 valence electrons. The highest BCUT2D eigenvalue weighted by Gasteiger charge is 2.45.